The van der Waals surface area contributed by atoms with Gasteiger partial charge in [0.15, 0.2) is 0 Å². The molecule has 8 nitrogen and oxygen atoms in total. The third-order valence-corrected chi connectivity index (χ3v) is 4.11. The normalized spacial score (nSPS) is 12.5. The Bertz CT molecular complexity index is 263. The summed E-state index contributed by atoms with van der Waals surface area (Å²) in [6.07, 6.45) is 3.20. The third-order valence-electron chi connectivity index (χ3n) is 4.11. The maximum Gasteiger partial charge on any atom is 0.373 e. The van der Waals surface area contributed by atoms with Crippen LogP contribution in [0.2, 0.25) is 6.82 Å². The van der Waals surface area contributed by atoms with Crippen LogP contribution in [-0.2, 0) is 0 Å². The largest absolute Gasteiger partial charge is 0.437 e. The average Bonchev–Trinajstić information content (AvgIpc) is 2.53. The maximum absolute atomic E-state index is 9.25. The van der Waals surface area contributed by atoms with Crippen molar-refractivity contribution >= 4 is 7.05 Å². The molecule has 0 saturated carbocycles. The zero-order valence-corrected chi connectivity index (χ0v) is 15.5. The van der Waals surface area contributed by atoms with Crippen LogP contribution in [0.5, 0.6) is 0 Å². The SMILES string of the molecule is C.CB(O)NCCCCC(CN(CCN)CCN)N(CCN)CCN. The molecule has 152 valence electrons. The lowest BCUT2D eigenvalue weighted by Crippen LogP contribution is -2.49. The predicted molar refractivity (Wildman–Crippen MR) is 110 cm³/mol. The van der Waals surface area contributed by atoms with E-state index < -0.39 is 7.05 Å². The van der Waals surface area contributed by atoms with E-state index in [9.17, 15) is 5.02 Å². The van der Waals surface area contributed by atoms with Crippen molar-refractivity contribution in [2.45, 2.75) is 39.6 Å². The lowest BCUT2D eigenvalue weighted by atomic mass is 9.89. The Kier molecular flexibility index (Phi) is 20.0. The fraction of sp³-hybridized carbons (Fsp3) is 1.00. The molecule has 0 amide bonds. The van der Waals surface area contributed by atoms with Gasteiger partial charge in [-0.05, 0) is 26.2 Å². The van der Waals surface area contributed by atoms with Gasteiger partial charge in [0.25, 0.3) is 0 Å². The standard InChI is InChI=1S/C15H40BN7O.CH4/c1-16(24)21-9-3-2-4-15(23(12-7-19)13-8-20)14-22(10-5-17)11-6-18;/h15,21,24H,2-14,17-20H2,1H3;1H4. The second-order valence-electron chi connectivity index (χ2n) is 6.27. The minimum absolute atomic E-state index is 0. The van der Waals surface area contributed by atoms with Gasteiger partial charge in [0.1, 0.15) is 0 Å². The smallest absolute Gasteiger partial charge is 0.373 e. The number of hydrogen-bond acceptors (Lipinski definition) is 8. The van der Waals surface area contributed by atoms with Gasteiger partial charge >= 0.3 is 7.05 Å². The summed E-state index contributed by atoms with van der Waals surface area (Å²) in [7, 11) is -0.448. The summed E-state index contributed by atoms with van der Waals surface area (Å²) in [4.78, 5) is 4.72. The highest BCUT2D eigenvalue weighted by atomic mass is 16.2. The number of rotatable bonds is 17. The van der Waals surface area contributed by atoms with E-state index in [2.05, 4.69) is 15.0 Å². The molecule has 0 spiro atoms. The van der Waals surface area contributed by atoms with Gasteiger partial charge in [-0.25, -0.2) is 0 Å². The molecule has 0 aromatic carbocycles. The van der Waals surface area contributed by atoms with E-state index in [1.807, 2.05) is 0 Å². The molecule has 1 atom stereocenters. The van der Waals surface area contributed by atoms with Crippen LogP contribution in [0, 0.1) is 0 Å². The van der Waals surface area contributed by atoms with Gasteiger partial charge in [-0.2, -0.15) is 0 Å². The molecule has 25 heavy (non-hydrogen) atoms. The summed E-state index contributed by atoms with van der Waals surface area (Å²) >= 11 is 0. The van der Waals surface area contributed by atoms with Crippen molar-refractivity contribution < 1.29 is 5.02 Å². The molecule has 0 aliphatic rings. The molecule has 0 aliphatic carbocycles. The van der Waals surface area contributed by atoms with Gasteiger partial charge in [0.05, 0.1) is 0 Å². The average molecular weight is 361 g/mol. The molecule has 0 bridgehead atoms. The molecule has 0 heterocycles. The summed E-state index contributed by atoms with van der Waals surface area (Å²) in [5.41, 5.74) is 23.0. The van der Waals surface area contributed by atoms with Crippen LogP contribution in [0.4, 0.5) is 0 Å². The highest BCUT2D eigenvalue weighted by molar-refractivity contribution is 6.45. The van der Waals surface area contributed by atoms with Gasteiger partial charge in [-0.1, -0.05) is 13.8 Å². The van der Waals surface area contributed by atoms with E-state index in [1.54, 1.807) is 6.82 Å². The number of nitrogens with two attached hydrogens (primary N) is 4. The Morgan fingerprint density at radius 2 is 1.44 bits per heavy atom. The van der Waals surface area contributed by atoms with E-state index in [0.717, 1.165) is 58.5 Å². The van der Waals surface area contributed by atoms with E-state index in [0.29, 0.717) is 32.2 Å². The zero-order valence-electron chi connectivity index (χ0n) is 15.5. The number of nitrogens with zero attached hydrogens (tertiary/aromatic N) is 2. The van der Waals surface area contributed by atoms with Crippen molar-refractivity contribution in [3.8, 4) is 0 Å². The third kappa shape index (κ3) is 14.6. The molecule has 1 unspecified atom stereocenters. The topological polar surface area (TPSA) is 143 Å². The van der Waals surface area contributed by atoms with Gasteiger partial charge in [-0.15, -0.1) is 0 Å². The highest BCUT2D eigenvalue weighted by Crippen LogP contribution is 2.11. The van der Waals surface area contributed by atoms with E-state index >= 15 is 0 Å². The Balaban J connectivity index is 0. The van der Waals surface area contributed by atoms with Crippen LogP contribution in [-0.4, -0.2) is 93.4 Å². The fourth-order valence-corrected chi connectivity index (χ4v) is 2.97. The zero-order chi connectivity index (χ0) is 18.2. The monoisotopic (exact) mass is 361 g/mol. The van der Waals surface area contributed by atoms with Crippen LogP contribution in [0.25, 0.3) is 0 Å². The van der Waals surface area contributed by atoms with Crippen molar-refractivity contribution in [3.63, 3.8) is 0 Å². The summed E-state index contributed by atoms with van der Waals surface area (Å²) in [6, 6.07) is 0.404. The van der Waals surface area contributed by atoms with Crippen LogP contribution >= 0.6 is 0 Å². The molecule has 0 aromatic rings. The van der Waals surface area contributed by atoms with Crippen molar-refractivity contribution in [3.05, 3.63) is 0 Å². The summed E-state index contributed by atoms with van der Waals surface area (Å²) in [5, 5.41) is 12.3. The van der Waals surface area contributed by atoms with Gasteiger partial charge < -0.3 is 33.2 Å². The molecule has 0 aliphatic heterocycles. The van der Waals surface area contributed by atoms with E-state index in [-0.39, 0.29) is 7.43 Å². The van der Waals surface area contributed by atoms with Crippen LogP contribution in [0.3, 0.4) is 0 Å². The first-order valence-electron chi connectivity index (χ1n) is 9.27. The molecular weight excluding hydrogens is 317 g/mol. The second-order valence-corrected chi connectivity index (χ2v) is 6.27. The lowest BCUT2D eigenvalue weighted by Gasteiger charge is -2.35. The fourth-order valence-electron chi connectivity index (χ4n) is 2.97. The minimum atomic E-state index is -0.448. The number of nitrogens with one attached hydrogen (secondary N) is 1. The highest BCUT2D eigenvalue weighted by Gasteiger charge is 2.20. The number of unbranched alkanes of at least 4 members (excludes halogenated alkanes) is 1. The summed E-state index contributed by atoms with van der Waals surface area (Å²) < 4.78 is 0. The van der Waals surface area contributed by atoms with Crippen molar-refractivity contribution in [1.82, 2.24) is 15.0 Å². The molecular formula is C16H44BN7O. The predicted octanol–water partition coefficient (Wildman–Crippen LogP) is -1.70. The Morgan fingerprint density at radius 3 is 1.88 bits per heavy atom. The molecule has 0 saturated heterocycles. The van der Waals surface area contributed by atoms with Crippen molar-refractivity contribution in [2.24, 2.45) is 22.9 Å². The molecule has 9 heteroatoms. The first-order chi connectivity index (χ1) is 11.6. The Morgan fingerprint density at radius 1 is 0.920 bits per heavy atom. The second kappa shape index (κ2) is 18.5. The molecule has 10 N–H and O–H groups in total. The van der Waals surface area contributed by atoms with Crippen LogP contribution in [0.15, 0.2) is 0 Å². The van der Waals surface area contributed by atoms with Gasteiger partial charge in [0, 0.05) is 64.9 Å². The first kappa shape index (κ1) is 27.0. The van der Waals surface area contributed by atoms with Crippen molar-refractivity contribution in [2.75, 3.05) is 65.4 Å². The van der Waals surface area contributed by atoms with E-state index in [4.69, 9.17) is 22.9 Å². The molecule has 0 radical (unpaired) electrons. The molecule has 0 aromatic heterocycles. The van der Waals surface area contributed by atoms with Gasteiger partial charge in [0.2, 0.25) is 0 Å². The van der Waals surface area contributed by atoms with E-state index in [1.165, 1.54) is 0 Å². The summed E-state index contributed by atoms with van der Waals surface area (Å²) in [5.74, 6) is 0. The number of hydrogen-bond donors (Lipinski definition) is 6. The lowest BCUT2D eigenvalue weighted by molar-refractivity contribution is 0.137. The van der Waals surface area contributed by atoms with Gasteiger partial charge in [-0.3, -0.25) is 9.80 Å². The van der Waals surface area contributed by atoms with Crippen LogP contribution in [0.1, 0.15) is 26.7 Å². The molecule has 0 fully saturated rings. The minimum Gasteiger partial charge on any atom is -0.437 e. The Labute approximate surface area is 155 Å². The van der Waals surface area contributed by atoms with Crippen molar-refractivity contribution in [1.29, 1.82) is 0 Å². The Hall–Kier alpha value is -0.255. The summed E-state index contributed by atoms with van der Waals surface area (Å²) in [6.45, 7) is 9.47. The first-order valence-corrected chi connectivity index (χ1v) is 9.27. The molecule has 0 rings (SSSR count). The quantitative estimate of drug-likeness (QED) is 0.133. The maximum atomic E-state index is 9.25. The van der Waals surface area contributed by atoms with Crippen LogP contribution < -0.4 is 28.2 Å².